The van der Waals surface area contributed by atoms with Gasteiger partial charge in [-0.05, 0) is 39.7 Å². The van der Waals surface area contributed by atoms with Crippen LogP contribution in [0, 0.1) is 5.41 Å². The van der Waals surface area contributed by atoms with Gasteiger partial charge in [0.2, 0.25) is 0 Å². The second-order valence-electron chi connectivity index (χ2n) is 5.41. The molecule has 0 aliphatic carbocycles. The second kappa shape index (κ2) is 8.93. The fourth-order valence-electron chi connectivity index (χ4n) is 1.57. The van der Waals surface area contributed by atoms with Crippen molar-refractivity contribution in [1.82, 2.24) is 4.90 Å². The van der Waals surface area contributed by atoms with Gasteiger partial charge in [0.05, 0.1) is 6.61 Å². The lowest BCUT2D eigenvalue weighted by atomic mass is 9.72. The highest BCUT2D eigenvalue weighted by molar-refractivity contribution is 4.93. The maximum Gasteiger partial charge on any atom is 0.0593 e. The van der Waals surface area contributed by atoms with Crippen molar-refractivity contribution >= 4 is 0 Å². The quantitative estimate of drug-likeness (QED) is 0.623. The van der Waals surface area contributed by atoms with Gasteiger partial charge < -0.3 is 4.74 Å². The molecular formula is C15H35NO. The molecule has 2 nitrogen and oxygen atoms in total. The highest BCUT2D eigenvalue weighted by atomic mass is 16.5. The Morgan fingerprint density at radius 1 is 1.00 bits per heavy atom. The van der Waals surface area contributed by atoms with Gasteiger partial charge in [0, 0.05) is 18.7 Å². The summed E-state index contributed by atoms with van der Waals surface area (Å²) in [5.41, 5.74) is 0.535. The molecule has 0 unspecified atom stereocenters. The molecule has 0 N–H and O–H groups in total. The third kappa shape index (κ3) is 5.87. The Labute approximate surface area is 110 Å². The number of ether oxygens (including phenoxy) is 1. The van der Waals surface area contributed by atoms with E-state index >= 15 is 0 Å². The van der Waals surface area contributed by atoms with Crippen LogP contribution in [0.1, 0.15) is 61.8 Å². The molecule has 0 amide bonds. The van der Waals surface area contributed by atoms with E-state index in [0.717, 1.165) is 19.8 Å². The van der Waals surface area contributed by atoms with Crippen LogP contribution >= 0.6 is 0 Å². The molecule has 0 bridgehead atoms. The van der Waals surface area contributed by atoms with Crippen LogP contribution in [0.4, 0.5) is 0 Å². The second-order valence-corrected chi connectivity index (χ2v) is 5.41. The van der Waals surface area contributed by atoms with E-state index in [1.54, 1.807) is 0 Å². The van der Waals surface area contributed by atoms with Crippen molar-refractivity contribution in [2.24, 2.45) is 5.41 Å². The Balaban J connectivity index is 0. The summed E-state index contributed by atoms with van der Waals surface area (Å²) in [4.78, 5) is 2.41. The summed E-state index contributed by atoms with van der Waals surface area (Å²) in [6.45, 7) is 20.3. The molecule has 0 aromatic heterocycles. The maximum atomic E-state index is 5.40. The molecular weight excluding hydrogens is 210 g/mol. The van der Waals surface area contributed by atoms with Crippen LogP contribution in [0.25, 0.3) is 0 Å². The third-order valence-electron chi connectivity index (χ3n) is 4.27. The van der Waals surface area contributed by atoms with Crippen molar-refractivity contribution in [1.29, 1.82) is 0 Å². The van der Waals surface area contributed by atoms with Crippen LogP contribution in [0.5, 0.6) is 0 Å². The Hall–Kier alpha value is -0.0800. The number of rotatable bonds is 7. The van der Waals surface area contributed by atoms with E-state index < -0.39 is 0 Å². The van der Waals surface area contributed by atoms with E-state index in [1.165, 1.54) is 6.42 Å². The van der Waals surface area contributed by atoms with Crippen molar-refractivity contribution in [3.05, 3.63) is 0 Å². The normalized spacial score (nSPS) is 12.4. The summed E-state index contributed by atoms with van der Waals surface area (Å²) in [6, 6.07) is 0. The van der Waals surface area contributed by atoms with Crippen LogP contribution < -0.4 is 0 Å². The molecule has 17 heavy (non-hydrogen) atoms. The molecule has 0 rings (SSSR count). The van der Waals surface area contributed by atoms with Gasteiger partial charge in [-0.25, -0.2) is 0 Å². The Bertz CT molecular complexity index is 176. The molecule has 0 saturated carbocycles. The molecule has 0 aromatic rings. The minimum atomic E-state index is 0.207. The minimum absolute atomic E-state index is 0.207. The van der Waals surface area contributed by atoms with Gasteiger partial charge in [-0.3, -0.25) is 4.90 Å². The van der Waals surface area contributed by atoms with Crippen LogP contribution in [-0.4, -0.2) is 37.2 Å². The lowest BCUT2D eigenvalue weighted by Gasteiger charge is -2.47. The summed E-state index contributed by atoms with van der Waals surface area (Å²) < 4.78 is 5.40. The van der Waals surface area contributed by atoms with E-state index in [0.29, 0.717) is 5.41 Å². The van der Waals surface area contributed by atoms with Crippen LogP contribution in [0.2, 0.25) is 0 Å². The molecule has 0 aromatic carbocycles. The number of likely N-dealkylation sites (N-methyl/N-ethyl adjacent to an activating group) is 1. The molecule has 0 aliphatic rings. The van der Waals surface area contributed by atoms with Crippen LogP contribution in [0.3, 0.4) is 0 Å². The molecule has 0 saturated heterocycles. The molecule has 0 spiro atoms. The summed E-state index contributed by atoms with van der Waals surface area (Å²) in [5.74, 6) is 0. The highest BCUT2D eigenvalue weighted by Crippen LogP contribution is 2.37. The van der Waals surface area contributed by atoms with E-state index in [-0.39, 0.29) is 5.54 Å². The molecule has 0 fully saturated rings. The largest absolute Gasteiger partial charge is 0.380 e. The summed E-state index contributed by atoms with van der Waals surface area (Å²) in [6.07, 6.45) is 1.19. The molecule has 0 aliphatic heterocycles. The van der Waals surface area contributed by atoms with Crippen molar-refractivity contribution in [3.8, 4) is 0 Å². The molecule has 0 atom stereocenters. The first kappa shape index (κ1) is 19.3. The van der Waals surface area contributed by atoms with Crippen molar-refractivity contribution in [2.75, 3.05) is 26.8 Å². The minimum Gasteiger partial charge on any atom is -0.380 e. The summed E-state index contributed by atoms with van der Waals surface area (Å²) in [5, 5.41) is 0. The van der Waals surface area contributed by atoms with Crippen molar-refractivity contribution in [2.45, 2.75) is 67.3 Å². The van der Waals surface area contributed by atoms with Crippen LogP contribution in [-0.2, 0) is 4.74 Å². The van der Waals surface area contributed by atoms with Gasteiger partial charge in [0.15, 0.2) is 0 Å². The van der Waals surface area contributed by atoms with Gasteiger partial charge in [-0.2, -0.15) is 0 Å². The SMILES string of the molecule is CC.CCOCCN(C)C(C)(C)C(C)(C)CC. The highest BCUT2D eigenvalue weighted by Gasteiger charge is 2.38. The monoisotopic (exact) mass is 245 g/mol. The fraction of sp³-hybridized carbons (Fsp3) is 1.00. The zero-order chi connectivity index (χ0) is 14.1. The smallest absolute Gasteiger partial charge is 0.0593 e. The van der Waals surface area contributed by atoms with Gasteiger partial charge >= 0.3 is 0 Å². The van der Waals surface area contributed by atoms with Gasteiger partial charge in [0.1, 0.15) is 0 Å². The maximum absolute atomic E-state index is 5.40. The van der Waals surface area contributed by atoms with Crippen LogP contribution in [0.15, 0.2) is 0 Å². The Kier molecular flexibility index (Phi) is 10.1. The first-order valence-corrected chi connectivity index (χ1v) is 7.08. The fourth-order valence-corrected chi connectivity index (χ4v) is 1.57. The van der Waals surface area contributed by atoms with Gasteiger partial charge in [-0.15, -0.1) is 0 Å². The topological polar surface area (TPSA) is 12.5 Å². The van der Waals surface area contributed by atoms with E-state index in [9.17, 15) is 0 Å². The van der Waals surface area contributed by atoms with Crippen molar-refractivity contribution < 1.29 is 4.74 Å². The Morgan fingerprint density at radius 2 is 1.47 bits per heavy atom. The first-order valence-electron chi connectivity index (χ1n) is 7.08. The van der Waals surface area contributed by atoms with Crippen molar-refractivity contribution in [3.63, 3.8) is 0 Å². The molecule has 106 valence electrons. The average Bonchev–Trinajstić information content (AvgIpc) is 2.31. The standard InChI is InChI=1S/C13H29NO.C2H6/c1-8-12(3,4)13(5,6)14(7)10-11-15-9-2;1-2/h8-11H2,1-7H3;1-2H3. The van der Waals surface area contributed by atoms with E-state index in [4.69, 9.17) is 4.74 Å². The zero-order valence-corrected chi connectivity index (χ0v) is 13.7. The van der Waals surface area contributed by atoms with E-state index in [1.807, 2.05) is 20.8 Å². The summed E-state index contributed by atoms with van der Waals surface area (Å²) >= 11 is 0. The van der Waals surface area contributed by atoms with E-state index in [2.05, 4.69) is 46.6 Å². The molecule has 2 heteroatoms. The predicted octanol–water partition coefficient (Wildman–Crippen LogP) is 4.20. The predicted molar refractivity (Wildman–Crippen MR) is 78.6 cm³/mol. The first-order chi connectivity index (χ1) is 7.79. The molecule has 0 heterocycles. The summed E-state index contributed by atoms with van der Waals surface area (Å²) in [7, 11) is 2.19. The van der Waals surface area contributed by atoms with Gasteiger partial charge in [-0.1, -0.05) is 34.6 Å². The van der Waals surface area contributed by atoms with Gasteiger partial charge in [0.25, 0.3) is 0 Å². The lowest BCUT2D eigenvalue weighted by Crippen LogP contribution is -2.52. The number of nitrogens with zero attached hydrogens (tertiary/aromatic N) is 1. The molecule has 0 radical (unpaired) electrons. The number of hydrogen-bond acceptors (Lipinski definition) is 2. The Morgan fingerprint density at radius 3 is 1.82 bits per heavy atom. The number of hydrogen-bond donors (Lipinski definition) is 0. The lowest BCUT2D eigenvalue weighted by molar-refractivity contribution is 0.00735. The third-order valence-corrected chi connectivity index (χ3v) is 4.27. The average molecular weight is 245 g/mol. The zero-order valence-electron chi connectivity index (χ0n) is 13.7.